The van der Waals surface area contributed by atoms with Crippen molar-refractivity contribution in [1.29, 1.82) is 0 Å². The first-order valence-electron chi connectivity index (χ1n) is 7.88. The molecule has 2 aromatic carbocycles. The van der Waals surface area contributed by atoms with Crippen LogP contribution >= 0.6 is 23.8 Å². The van der Waals surface area contributed by atoms with Crippen LogP contribution in [0.3, 0.4) is 0 Å². The first-order chi connectivity index (χ1) is 12.2. The van der Waals surface area contributed by atoms with Crippen molar-refractivity contribution in [2.24, 2.45) is 5.10 Å². The molecule has 0 aliphatic heterocycles. The van der Waals surface area contributed by atoms with Gasteiger partial charge in [0, 0.05) is 5.56 Å². The standard InChI is InChI=1S/C18H17ClN4OS/c1-2-10-24-16-9-8-13(11-15(16)19)12-20-23-17(21-22-18(23)25)14-6-4-3-5-7-14/h3-9,11-12H,2,10H2,1H3,(H,22,25)/b20-12-. The number of rotatable bonds is 6. The van der Waals surface area contributed by atoms with Crippen LogP contribution in [0, 0.1) is 4.77 Å². The van der Waals surface area contributed by atoms with Gasteiger partial charge in [-0.3, -0.25) is 0 Å². The zero-order valence-corrected chi connectivity index (χ0v) is 15.2. The van der Waals surface area contributed by atoms with E-state index in [1.807, 2.05) is 55.5 Å². The van der Waals surface area contributed by atoms with Crippen LogP contribution in [0.2, 0.25) is 5.02 Å². The third-order valence-corrected chi connectivity index (χ3v) is 3.98. The molecular formula is C18H17ClN4OS. The normalized spacial score (nSPS) is 11.1. The van der Waals surface area contributed by atoms with Crippen LogP contribution in [-0.2, 0) is 0 Å². The molecule has 0 aliphatic rings. The van der Waals surface area contributed by atoms with Crippen molar-refractivity contribution >= 4 is 30.0 Å². The predicted octanol–water partition coefficient (Wildman–Crippen LogP) is 4.93. The minimum Gasteiger partial charge on any atom is -0.492 e. The smallest absolute Gasteiger partial charge is 0.216 e. The molecule has 0 radical (unpaired) electrons. The Kier molecular flexibility index (Phi) is 5.63. The van der Waals surface area contributed by atoms with Gasteiger partial charge in [0.25, 0.3) is 0 Å². The molecule has 1 aromatic heterocycles. The summed E-state index contributed by atoms with van der Waals surface area (Å²) in [6, 6.07) is 15.3. The van der Waals surface area contributed by atoms with Crippen LogP contribution in [0.5, 0.6) is 5.75 Å². The molecule has 5 nitrogen and oxygen atoms in total. The fourth-order valence-electron chi connectivity index (χ4n) is 2.22. The van der Waals surface area contributed by atoms with Gasteiger partial charge in [0.2, 0.25) is 4.77 Å². The van der Waals surface area contributed by atoms with Crippen molar-refractivity contribution in [1.82, 2.24) is 14.9 Å². The molecule has 1 N–H and O–H groups in total. The summed E-state index contributed by atoms with van der Waals surface area (Å²) in [7, 11) is 0. The first kappa shape index (κ1) is 17.4. The molecule has 7 heteroatoms. The Labute approximate surface area is 155 Å². The number of nitrogens with zero attached hydrogens (tertiary/aromatic N) is 3. The molecular weight excluding hydrogens is 356 g/mol. The average Bonchev–Trinajstić information content (AvgIpc) is 3.00. The van der Waals surface area contributed by atoms with E-state index in [0.717, 1.165) is 17.5 Å². The van der Waals surface area contributed by atoms with E-state index in [1.165, 1.54) is 0 Å². The molecule has 0 unspecified atom stereocenters. The van der Waals surface area contributed by atoms with E-state index in [1.54, 1.807) is 10.9 Å². The number of aromatic nitrogens is 3. The van der Waals surface area contributed by atoms with Crippen LogP contribution in [0.15, 0.2) is 53.6 Å². The highest BCUT2D eigenvalue weighted by atomic mass is 35.5. The first-order valence-corrected chi connectivity index (χ1v) is 8.67. The van der Waals surface area contributed by atoms with Crippen molar-refractivity contribution in [2.75, 3.05) is 6.61 Å². The second-order valence-corrected chi connectivity index (χ2v) is 6.11. The number of halogens is 1. The van der Waals surface area contributed by atoms with Gasteiger partial charge in [0.15, 0.2) is 5.82 Å². The Balaban J connectivity index is 1.87. The lowest BCUT2D eigenvalue weighted by atomic mass is 10.2. The third-order valence-electron chi connectivity index (χ3n) is 3.42. The van der Waals surface area contributed by atoms with Gasteiger partial charge in [0.05, 0.1) is 17.8 Å². The lowest BCUT2D eigenvalue weighted by Crippen LogP contribution is -1.97. The zero-order valence-electron chi connectivity index (χ0n) is 13.6. The highest BCUT2D eigenvalue weighted by Gasteiger charge is 2.07. The quantitative estimate of drug-likeness (QED) is 0.493. The molecule has 0 amide bonds. The van der Waals surface area contributed by atoms with E-state index in [4.69, 9.17) is 28.6 Å². The number of hydrogen-bond acceptors (Lipinski definition) is 4. The summed E-state index contributed by atoms with van der Waals surface area (Å²) in [4.78, 5) is 0. The lowest BCUT2D eigenvalue weighted by Gasteiger charge is -2.07. The number of benzene rings is 2. The Morgan fingerprint density at radius 2 is 2.08 bits per heavy atom. The molecule has 0 saturated heterocycles. The van der Waals surface area contributed by atoms with Gasteiger partial charge in [-0.1, -0.05) is 48.9 Å². The van der Waals surface area contributed by atoms with E-state index >= 15 is 0 Å². The van der Waals surface area contributed by atoms with E-state index in [0.29, 0.717) is 28.0 Å². The van der Waals surface area contributed by atoms with Gasteiger partial charge in [0.1, 0.15) is 5.75 Å². The topological polar surface area (TPSA) is 55.2 Å². The minimum atomic E-state index is 0.420. The second-order valence-electron chi connectivity index (χ2n) is 5.31. The third kappa shape index (κ3) is 4.15. The van der Waals surface area contributed by atoms with Crippen molar-refractivity contribution in [3.05, 3.63) is 63.9 Å². The lowest BCUT2D eigenvalue weighted by molar-refractivity contribution is 0.317. The summed E-state index contributed by atoms with van der Waals surface area (Å²) in [5.74, 6) is 1.32. The summed E-state index contributed by atoms with van der Waals surface area (Å²) in [6.07, 6.45) is 2.62. The molecule has 3 rings (SSSR count). The molecule has 1 heterocycles. The SMILES string of the molecule is CCCOc1ccc(/C=N\n2c(-c3ccccc3)n[nH]c2=S)cc1Cl. The molecule has 0 aliphatic carbocycles. The highest BCUT2D eigenvalue weighted by Crippen LogP contribution is 2.25. The van der Waals surface area contributed by atoms with Crippen LogP contribution < -0.4 is 4.74 Å². The monoisotopic (exact) mass is 372 g/mol. The molecule has 25 heavy (non-hydrogen) atoms. The van der Waals surface area contributed by atoms with E-state index < -0.39 is 0 Å². The van der Waals surface area contributed by atoms with E-state index in [9.17, 15) is 0 Å². The maximum absolute atomic E-state index is 6.25. The predicted molar refractivity (Wildman–Crippen MR) is 103 cm³/mol. The number of ether oxygens (including phenoxy) is 1. The zero-order chi connectivity index (χ0) is 17.6. The van der Waals surface area contributed by atoms with Crippen molar-refractivity contribution in [2.45, 2.75) is 13.3 Å². The Bertz CT molecular complexity index is 934. The highest BCUT2D eigenvalue weighted by molar-refractivity contribution is 7.71. The van der Waals surface area contributed by atoms with Gasteiger partial charge in [-0.05, 0) is 42.4 Å². The molecule has 3 aromatic rings. The van der Waals surface area contributed by atoms with Crippen molar-refractivity contribution < 1.29 is 4.74 Å². The summed E-state index contributed by atoms with van der Waals surface area (Å²) in [5.41, 5.74) is 1.77. The van der Waals surface area contributed by atoms with Crippen molar-refractivity contribution in [3.63, 3.8) is 0 Å². The molecule has 0 fully saturated rings. The van der Waals surface area contributed by atoms with Crippen LogP contribution in [0.4, 0.5) is 0 Å². The maximum Gasteiger partial charge on any atom is 0.216 e. The Morgan fingerprint density at radius 1 is 1.28 bits per heavy atom. The number of aromatic amines is 1. The summed E-state index contributed by atoms with van der Waals surface area (Å²) in [6.45, 7) is 2.69. The molecule has 0 atom stereocenters. The summed E-state index contributed by atoms with van der Waals surface area (Å²) in [5, 5.41) is 12.0. The fraction of sp³-hybridized carbons (Fsp3) is 0.167. The van der Waals surface area contributed by atoms with Gasteiger partial charge >= 0.3 is 0 Å². The Hall–Kier alpha value is -2.44. The van der Waals surface area contributed by atoms with Crippen molar-refractivity contribution in [3.8, 4) is 17.1 Å². The number of nitrogens with one attached hydrogen (secondary N) is 1. The van der Waals surface area contributed by atoms with Crippen LogP contribution in [-0.4, -0.2) is 27.7 Å². The molecule has 0 spiro atoms. The second kappa shape index (κ2) is 8.09. The minimum absolute atomic E-state index is 0.420. The maximum atomic E-state index is 6.25. The van der Waals surface area contributed by atoms with E-state index in [2.05, 4.69) is 15.3 Å². The van der Waals surface area contributed by atoms with Gasteiger partial charge in [-0.15, -0.1) is 0 Å². The summed E-state index contributed by atoms with van der Waals surface area (Å²) < 4.78 is 7.58. The summed E-state index contributed by atoms with van der Waals surface area (Å²) >= 11 is 11.5. The van der Waals surface area contributed by atoms with Gasteiger partial charge in [-0.2, -0.15) is 14.9 Å². The molecule has 128 valence electrons. The molecule has 0 saturated carbocycles. The van der Waals surface area contributed by atoms with Crippen LogP contribution in [0.1, 0.15) is 18.9 Å². The largest absolute Gasteiger partial charge is 0.492 e. The van der Waals surface area contributed by atoms with Gasteiger partial charge < -0.3 is 4.74 Å². The van der Waals surface area contributed by atoms with Gasteiger partial charge in [-0.25, -0.2) is 5.10 Å². The van der Waals surface area contributed by atoms with Crippen LogP contribution in [0.25, 0.3) is 11.4 Å². The average molecular weight is 373 g/mol. The Morgan fingerprint density at radius 3 is 2.80 bits per heavy atom. The molecule has 0 bridgehead atoms. The van der Waals surface area contributed by atoms with E-state index in [-0.39, 0.29) is 0 Å². The number of H-pyrrole nitrogens is 1. The fourth-order valence-corrected chi connectivity index (χ4v) is 2.65. The number of hydrogen-bond donors (Lipinski definition) is 1.